The molecule has 0 spiro atoms. The highest BCUT2D eigenvalue weighted by Gasteiger charge is 2.26. The molecule has 20 heavy (non-hydrogen) atoms. The second-order valence-corrected chi connectivity index (χ2v) is 5.46. The Bertz CT molecular complexity index is 654. The van der Waals surface area contributed by atoms with Crippen LogP contribution in [-0.2, 0) is 11.3 Å². The molecule has 1 aliphatic rings. The van der Waals surface area contributed by atoms with Gasteiger partial charge in [-0.3, -0.25) is 4.79 Å². The van der Waals surface area contributed by atoms with Crippen molar-refractivity contribution in [3.8, 4) is 0 Å². The van der Waals surface area contributed by atoms with Crippen LogP contribution in [0.5, 0.6) is 0 Å². The number of aromatic nitrogens is 1. The fourth-order valence-electron chi connectivity index (χ4n) is 2.23. The molecule has 0 unspecified atom stereocenters. The molecule has 0 radical (unpaired) electrons. The van der Waals surface area contributed by atoms with E-state index in [9.17, 15) is 4.79 Å². The second kappa shape index (κ2) is 5.38. The van der Waals surface area contributed by atoms with Gasteiger partial charge in [0.1, 0.15) is 0 Å². The van der Waals surface area contributed by atoms with Crippen molar-refractivity contribution in [2.24, 2.45) is 0 Å². The van der Waals surface area contributed by atoms with Crippen molar-refractivity contribution in [1.82, 2.24) is 4.98 Å². The Hall–Kier alpha value is -1.66. The van der Waals surface area contributed by atoms with Crippen LogP contribution < -0.4 is 4.90 Å². The van der Waals surface area contributed by atoms with E-state index in [1.165, 1.54) is 6.39 Å². The number of anilines is 1. The zero-order valence-electron chi connectivity index (χ0n) is 10.9. The first kappa shape index (κ1) is 13.3. The Kier molecular flexibility index (Phi) is 3.58. The maximum Gasteiger partial charge on any atom is 0.296 e. The number of ether oxygens (including phenoxy) is 1. The van der Waals surface area contributed by atoms with Gasteiger partial charge in [0.25, 0.3) is 5.91 Å². The Balaban J connectivity index is 2.02. The molecule has 0 aliphatic carbocycles. The molecule has 0 saturated carbocycles. The van der Waals surface area contributed by atoms with E-state index in [1.54, 1.807) is 11.8 Å². The van der Waals surface area contributed by atoms with Gasteiger partial charge in [0, 0.05) is 22.3 Å². The van der Waals surface area contributed by atoms with Crippen LogP contribution in [-0.4, -0.2) is 24.0 Å². The van der Waals surface area contributed by atoms with Gasteiger partial charge in [0.15, 0.2) is 6.39 Å². The molecule has 3 rings (SSSR count). The molecule has 1 aromatic carbocycles. The van der Waals surface area contributed by atoms with Crippen molar-refractivity contribution < 1.29 is 13.9 Å². The number of amides is 1. The van der Waals surface area contributed by atoms with Gasteiger partial charge in [-0.15, -0.1) is 0 Å². The van der Waals surface area contributed by atoms with E-state index in [-0.39, 0.29) is 11.7 Å². The summed E-state index contributed by atoms with van der Waals surface area (Å²) >= 11 is 3.44. The first-order valence-electron chi connectivity index (χ1n) is 6.25. The van der Waals surface area contributed by atoms with Gasteiger partial charge in [0.2, 0.25) is 5.76 Å². The summed E-state index contributed by atoms with van der Waals surface area (Å²) in [4.78, 5) is 18.3. The number of fused-ring (bicyclic) bond motifs is 1. The van der Waals surface area contributed by atoms with Crippen LogP contribution in [0.15, 0.2) is 33.5 Å². The number of aryl methyl sites for hydroxylation is 1. The minimum atomic E-state index is -0.186. The molecule has 0 N–H and O–H groups in total. The fraction of sp³-hybridized carbons (Fsp3) is 0.286. The predicted octanol–water partition coefficient (Wildman–Crippen LogP) is 2.92. The third-order valence-electron chi connectivity index (χ3n) is 3.23. The van der Waals surface area contributed by atoms with E-state index in [2.05, 4.69) is 20.9 Å². The highest BCUT2D eigenvalue weighted by molar-refractivity contribution is 9.10. The lowest BCUT2D eigenvalue weighted by atomic mass is 10.1. The van der Waals surface area contributed by atoms with Crippen LogP contribution in [0.25, 0.3) is 0 Å². The Labute approximate surface area is 124 Å². The molecule has 0 fully saturated rings. The summed E-state index contributed by atoms with van der Waals surface area (Å²) < 4.78 is 11.7. The number of rotatable bonds is 1. The normalized spacial score (nSPS) is 14.8. The Morgan fingerprint density at radius 1 is 1.45 bits per heavy atom. The van der Waals surface area contributed by atoms with Crippen LogP contribution in [0, 0.1) is 6.92 Å². The number of benzene rings is 1. The number of carbonyl (C=O) groups excluding carboxylic acids is 1. The SMILES string of the molecule is Cc1ncoc1C(=O)N1CCOCc2cc(Br)ccc21. The summed E-state index contributed by atoms with van der Waals surface area (Å²) in [7, 11) is 0. The number of oxazole rings is 1. The topological polar surface area (TPSA) is 55.6 Å². The number of nitrogens with zero attached hydrogens (tertiary/aromatic N) is 2. The van der Waals surface area contributed by atoms with Crippen molar-refractivity contribution in [1.29, 1.82) is 0 Å². The average molecular weight is 337 g/mol. The molecule has 1 amide bonds. The molecule has 5 nitrogen and oxygen atoms in total. The molecule has 1 aromatic heterocycles. The maximum atomic E-state index is 12.6. The van der Waals surface area contributed by atoms with Crippen molar-refractivity contribution in [2.75, 3.05) is 18.1 Å². The molecule has 104 valence electrons. The number of hydrogen-bond donors (Lipinski definition) is 0. The van der Waals surface area contributed by atoms with Crippen LogP contribution in [0.1, 0.15) is 21.8 Å². The number of carbonyl (C=O) groups is 1. The summed E-state index contributed by atoms with van der Waals surface area (Å²) in [5.74, 6) is 0.0924. The lowest BCUT2D eigenvalue weighted by molar-refractivity contribution is 0.0939. The highest BCUT2D eigenvalue weighted by Crippen LogP contribution is 2.28. The highest BCUT2D eigenvalue weighted by atomic mass is 79.9. The molecule has 2 aromatic rings. The van der Waals surface area contributed by atoms with Gasteiger partial charge in [-0.2, -0.15) is 0 Å². The van der Waals surface area contributed by atoms with Gasteiger partial charge in [0.05, 0.1) is 18.9 Å². The molecule has 0 bridgehead atoms. The molecular formula is C14H13BrN2O3. The van der Waals surface area contributed by atoms with Crippen LogP contribution >= 0.6 is 15.9 Å². The van der Waals surface area contributed by atoms with Crippen LogP contribution in [0.4, 0.5) is 5.69 Å². The molecule has 0 saturated heterocycles. The summed E-state index contributed by atoms with van der Waals surface area (Å²) in [6.45, 7) is 3.24. The Morgan fingerprint density at radius 3 is 3.05 bits per heavy atom. The van der Waals surface area contributed by atoms with E-state index >= 15 is 0 Å². The van der Waals surface area contributed by atoms with E-state index in [4.69, 9.17) is 9.15 Å². The maximum absolute atomic E-state index is 12.6. The standard InChI is InChI=1S/C14H13BrN2O3/c1-9-13(20-8-16-9)14(18)17-4-5-19-7-10-6-11(15)2-3-12(10)17/h2-3,6,8H,4-5,7H2,1H3. The predicted molar refractivity (Wildman–Crippen MR) is 76.7 cm³/mol. The molecule has 2 heterocycles. The number of halogens is 1. The second-order valence-electron chi connectivity index (χ2n) is 4.55. The van der Waals surface area contributed by atoms with Crippen molar-refractivity contribution in [2.45, 2.75) is 13.5 Å². The van der Waals surface area contributed by atoms with Gasteiger partial charge in [-0.25, -0.2) is 4.98 Å². The summed E-state index contributed by atoms with van der Waals surface area (Å²) in [5, 5.41) is 0. The van der Waals surface area contributed by atoms with Gasteiger partial charge < -0.3 is 14.1 Å². The molecule has 6 heteroatoms. The van der Waals surface area contributed by atoms with E-state index in [0.29, 0.717) is 25.5 Å². The first-order valence-corrected chi connectivity index (χ1v) is 7.04. The van der Waals surface area contributed by atoms with Crippen molar-refractivity contribution in [3.05, 3.63) is 46.1 Å². The summed E-state index contributed by atoms with van der Waals surface area (Å²) in [6, 6.07) is 5.80. The van der Waals surface area contributed by atoms with E-state index in [0.717, 1.165) is 15.7 Å². The zero-order valence-corrected chi connectivity index (χ0v) is 12.5. The zero-order chi connectivity index (χ0) is 14.1. The van der Waals surface area contributed by atoms with E-state index < -0.39 is 0 Å². The van der Waals surface area contributed by atoms with E-state index in [1.807, 2.05) is 18.2 Å². The largest absolute Gasteiger partial charge is 0.438 e. The Morgan fingerprint density at radius 2 is 2.30 bits per heavy atom. The van der Waals surface area contributed by atoms with Crippen LogP contribution in [0.3, 0.4) is 0 Å². The minimum Gasteiger partial charge on any atom is -0.438 e. The average Bonchev–Trinajstić information content (AvgIpc) is 2.74. The number of hydrogen-bond acceptors (Lipinski definition) is 4. The third kappa shape index (κ3) is 2.36. The van der Waals surface area contributed by atoms with Gasteiger partial charge in [-0.05, 0) is 25.1 Å². The van der Waals surface area contributed by atoms with Crippen molar-refractivity contribution >= 4 is 27.5 Å². The molecular weight excluding hydrogens is 324 g/mol. The molecule has 1 aliphatic heterocycles. The molecule has 0 atom stereocenters. The first-order chi connectivity index (χ1) is 9.66. The van der Waals surface area contributed by atoms with Gasteiger partial charge in [-0.1, -0.05) is 15.9 Å². The minimum absolute atomic E-state index is 0.186. The summed E-state index contributed by atoms with van der Waals surface area (Å²) in [6.07, 6.45) is 1.29. The van der Waals surface area contributed by atoms with Crippen molar-refractivity contribution in [3.63, 3.8) is 0 Å². The fourth-order valence-corrected chi connectivity index (χ4v) is 2.64. The van der Waals surface area contributed by atoms with Gasteiger partial charge >= 0.3 is 0 Å². The lowest BCUT2D eigenvalue weighted by Gasteiger charge is -2.21. The lowest BCUT2D eigenvalue weighted by Crippen LogP contribution is -2.33. The van der Waals surface area contributed by atoms with Crippen LogP contribution in [0.2, 0.25) is 0 Å². The third-order valence-corrected chi connectivity index (χ3v) is 3.73. The smallest absolute Gasteiger partial charge is 0.296 e. The monoisotopic (exact) mass is 336 g/mol. The summed E-state index contributed by atoms with van der Waals surface area (Å²) in [5.41, 5.74) is 2.42. The quantitative estimate of drug-likeness (QED) is 0.803.